The third-order valence-corrected chi connectivity index (χ3v) is 4.14. The van der Waals surface area contributed by atoms with E-state index in [1.807, 2.05) is 30.3 Å². The van der Waals surface area contributed by atoms with Crippen molar-refractivity contribution in [2.75, 3.05) is 6.54 Å². The number of furan rings is 1. The van der Waals surface area contributed by atoms with Crippen LogP contribution in [0.4, 0.5) is 0 Å². The molecule has 2 amide bonds. The van der Waals surface area contributed by atoms with E-state index in [0.29, 0.717) is 25.1 Å². The first-order valence-corrected chi connectivity index (χ1v) is 7.90. The summed E-state index contributed by atoms with van der Waals surface area (Å²) in [6, 6.07) is 11.0. The number of carbonyl (C=O) groups excluding carboxylic acids is 2. The van der Waals surface area contributed by atoms with Crippen molar-refractivity contribution < 1.29 is 14.0 Å². The van der Waals surface area contributed by atoms with Gasteiger partial charge in [-0.05, 0) is 30.9 Å². The molecule has 3 rings (SSSR count). The minimum atomic E-state index is -0.408. The molecule has 1 aromatic heterocycles. The van der Waals surface area contributed by atoms with Crippen LogP contribution >= 0.6 is 0 Å². The van der Waals surface area contributed by atoms with Gasteiger partial charge in [0.2, 0.25) is 5.91 Å². The highest BCUT2D eigenvalue weighted by atomic mass is 16.3. The molecular formula is C18H20N2O3. The van der Waals surface area contributed by atoms with Gasteiger partial charge in [0.1, 0.15) is 12.3 Å². The summed E-state index contributed by atoms with van der Waals surface area (Å²) < 4.78 is 4.98. The highest BCUT2D eigenvalue weighted by Gasteiger charge is 2.32. The average molecular weight is 312 g/mol. The van der Waals surface area contributed by atoms with Gasteiger partial charge < -0.3 is 14.6 Å². The summed E-state index contributed by atoms with van der Waals surface area (Å²) in [5.41, 5.74) is 1.54. The fraction of sp³-hybridized carbons (Fsp3) is 0.333. The molecule has 0 unspecified atom stereocenters. The zero-order valence-corrected chi connectivity index (χ0v) is 12.9. The zero-order chi connectivity index (χ0) is 16.1. The predicted molar refractivity (Wildman–Crippen MR) is 85.7 cm³/mol. The van der Waals surface area contributed by atoms with Gasteiger partial charge in [0, 0.05) is 13.1 Å². The summed E-state index contributed by atoms with van der Waals surface area (Å²) in [5, 5.41) is 2.94. The molecule has 0 bridgehead atoms. The molecule has 1 atom stereocenters. The van der Waals surface area contributed by atoms with Crippen LogP contribution in [0.5, 0.6) is 0 Å². The maximum atomic E-state index is 12.5. The molecule has 2 heterocycles. The number of nitrogens with one attached hydrogen (secondary N) is 1. The van der Waals surface area contributed by atoms with E-state index >= 15 is 0 Å². The molecule has 1 aliphatic rings. The van der Waals surface area contributed by atoms with E-state index in [-0.39, 0.29) is 11.8 Å². The number of nitrogens with zero attached hydrogens (tertiary/aromatic N) is 1. The predicted octanol–water partition coefficient (Wildman–Crippen LogP) is 2.59. The molecule has 2 aromatic rings. The second kappa shape index (κ2) is 7.13. The zero-order valence-electron chi connectivity index (χ0n) is 12.9. The lowest BCUT2D eigenvalue weighted by Gasteiger charge is -2.34. The third-order valence-electron chi connectivity index (χ3n) is 4.14. The van der Waals surface area contributed by atoms with Crippen LogP contribution < -0.4 is 5.32 Å². The SMILES string of the molecule is O=C(NCc1ccccc1)[C@H]1CCCCN1C(=O)c1ccoc1. The van der Waals surface area contributed by atoms with E-state index in [1.54, 1.807) is 11.0 Å². The number of benzene rings is 1. The van der Waals surface area contributed by atoms with Gasteiger partial charge in [0.25, 0.3) is 5.91 Å². The first kappa shape index (κ1) is 15.3. The summed E-state index contributed by atoms with van der Waals surface area (Å²) in [6.45, 7) is 1.08. The van der Waals surface area contributed by atoms with Crippen LogP contribution in [0, 0.1) is 0 Å². The summed E-state index contributed by atoms with van der Waals surface area (Å²) in [4.78, 5) is 26.7. The molecule has 1 fully saturated rings. The van der Waals surface area contributed by atoms with Crippen LogP contribution in [-0.2, 0) is 11.3 Å². The van der Waals surface area contributed by atoms with Gasteiger partial charge in [0.05, 0.1) is 11.8 Å². The molecule has 1 aromatic carbocycles. The Labute approximate surface area is 135 Å². The highest BCUT2D eigenvalue weighted by molar-refractivity contribution is 5.97. The topological polar surface area (TPSA) is 62.6 Å². The first-order valence-electron chi connectivity index (χ1n) is 7.90. The highest BCUT2D eigenvalue weighted by Crippen LogP contribution is 2.20. The summed E-state index contributed by atoms with van der Waals surface area (Å²) in [5.74, 6) is -0.233. The molecule has 1 N–H and O–H groups in total. The molecule has 0 radical (unpaired) electrons. The number of rotatable bonds is 4. The maximum Gasteiger partial charge on any atom is 0.257 e. The van der Waals surface area contributed by atoms with Gasteiger partial charge in [-0.1, -0.05) is 30.3 Å². The summed E-state index contributed by atoms with van der Waals surface area (Å²) in [7, 11) is 0. The quantitative estimate of drug-likeness (QED) is 0.944. The Morgan fingerprint density at radius 3 is 2.74 bits per heavy atom. The van der Waals surface area contributed by atoms with Crippen molar-refractivity contribution in [3.8, 4) is 0 Å². The molecule has 0 saturated carbocycles. The third kappa shape index (κ3) is 3.62. The van der Waals surface area contributed by atoms with Gasteiger partial charge >= 0.3 is 0 Å². The normalized spacial score (nSPS) is 17.7. The van der Waals surface area contributed by atoms with Gasteiger partial charge in [-0.3, -0.25) is 9.59 Å². The van der Waals surface area contributed by atoms with Crippen molar-refractivity contribution in [3.05, 3.63) is 60.1 Å². The number of likely N-dealkylation sites (tertiary alicyclic amines) is 1. The van der Waals surface area contributed by atoms with E-state index in [1.165, 1.54) is 12.5 Å². The van der Waals surface area contributed by atoms with Crippen molar-refractivity contribution in [1.29, 1.82) is 0 Å². The molecule has 0 spiro atoms. The van der Waals surface area contributed by atoms with Crippen LogP contribution in [0.15, 0.2) is 53.3 Å². The minimum absolute atomic E-state index is 0.0922. The van der Waals surface area contributed by atoms with E-state index < -0.39 is 6.04 Å². The van der Waals surface area contributed by atoms with Gasteiger partial charge in [-0.15, -0.1) is 0 Å². The fourth-order valence-electron chi connectivity index (χ4n) is 2.90. The standard InChI is InChI=1S/C18H20N2O3/c21-17(19-12-14-6-2-1-3-7-14)16-8-4-5-10-20(16)18(22)15-9-11-23-13-15/h1-3,6-7,9,11,13,16H,4-5,8,10,12H2,(H,19,21)/t16-/m1/s1. The second-order valence-corrected chi connectivity index (χ2v) is 5.73. The smallest absolute Gasteiger partial charge is 0.257 e. The summed E-state index contributed by atoms with van der Waals surface area (Å²) in [6.07, 6.45) is 5.48. The second-order valence-electron chi connectivity index (χ2n) is 5.73. The van der Waals surface area contributed by atoms with Crippen LogP contribution in [0.25, 0.3) is 0 Å². The van der Waals surface area contributed by atoms with E-state index in [9.17, 15) is 9.59 Å². The van der Waals surface area contributed by atoms with E-state index in [0.717, 1.165) is 18.4 Å². The van der Waals surface area contributed by atoms with E-state index in [2.05, 4.69) is 5.32 Å². The minimum Gasteiger partial charge on any atom is -0.472 e. The Kier molecular flexibility index (Phi) is 4.76. The maximum absolute atomic E-state index is 12.5. The molecule has 1 aliphatic heterocycles. The largest absolute Gasteiger partial charge is 0.472 e. The molecule has 1 saturated heterocycles. The van der Waals surface area contributed by atoms with Crippen molar-refractivity contribution in [3.63, 3.8) is 0 Å². The van der Waals surface area contributed by atoms with Crippen LogP contribution in [-0.4, -0.2) is 29.3 Å². The Morgan fingerprint density at radius 2 is 2.00 bits per heavy atom. The fourth-order valence-corrected chi connectivity index (χ4v) is 2.90. The monoisotopic (exact) mass is 312 g/mol. The number of carbonyl (C=O) groups is 2. The molecular weight excluding hydrogens is 292 g/mol. The van der Waals surface area contributed by atoms with Gasteiger partial charge in [-0.25, -0.2) is 0 Å². The van der Waals surface area contributed by atoms with Crippen LogP contribution in [0.2, 0.25) is 0 Å². The van der Waals surface area contributed by atoms with Crippen molar-refractivity contribution in [2.45, 2.75) is 31.8 Å². The molecule has 23 heavy (non-hydrogen) atoms. The molecule has 0 aliphatic carbocycles. The molecule has 120 valence electrons. The van der Waals surface area contributed by atoms with Gasteiger partial charge in [-0.2, -0.15) is 0 Å². The molecule has 5 nitrogen and oxygen atoms in total. The lowest BCUT2D eigenvalue weighted by Crippen LogP contribution is -2.51. The Hall–Kier alpha value is -2.56. The van der Waals surface area contributed by atoms with Crippen molar-refractivity contribution in [2.24, 2.45) is 0 Å². The van der Waals surface area contributed by atoms with Crippen LogP contribution in [0.1, 0.15) is 35.2 Å². The lowest BCUT2D eigenvalue weighted by molar-refractivity contribution is -0.126. The number of amides is 2. The number of hydrogen-bond acceptors (Lipinski definition) is 3. The van der Waals surface area contributed by atoms with Crippen molar-refractivity contribution >= 4 is 11.8 Å². The number of hydrogen-bond donors (Lipinski definition) is 1. The van der Waals surface area contributed by atoms with Crippen molar-refractivity contribution in [1.82, 2.24) is 10.2 Å². The number of piperidine rings is 1. The Balaban J connectivity index is 1.66. The lowest BCUT2D eigenvalue weighted by atomic mass is 10.0. The molecule has 5 heteroatoms. The first-order chi connectivity index (χ1) is 11.3. The average Bonchev–Trinajstić information content (AvgIpc) is 3.14. The van der Waals surface area contributed by atoms with Crippen LogP contribution in [0.3, 0.4) is 0 Å². The Bertz CT molecular complexity index is 652. The van der Waals surface area contributed by atoms with Gasteiger partial charge in [0.15, 0.2) is 0 Å². The summed E-state index contributed by atoms with van der Waals surface area (Å²) >= 11 is 0. The Morgan fingerprint density at radius 1 is 1.17 bits per heavy atom. The van der Waals surface area contributed by atoms with E-state index in [4.69, 9.17) is 4.42 Å².